The van der Waals surface area contributed by atoms with Crippen LogP contribution >= 0.6 is 35.0 Å². The Labute approximate surface area is 211 Å². The predicted octanol–water partition coefficient (Wildman–Crippen LogP) is 5.96. The summed E-state index contributed by atoms with van der Waals surface area (Å²) in [6.45, 7) is 6.03. The average molecular weight is 512 g/mol. The van der Waals surface area contributed by atoms with E-state index in [-0.39, 0.29) is 30.2 Å². The third kappa shape index (κ3) is 8.13. The van der Waals surface area contributed by atoms with E-state index in [0.29, 0.717) is 27.8 Å². The standard InChI is InChI=1S/C25H32Cl2N2O3S/c1-5-17(3)28-25(31)23(6-2)29(14-20-21(26)8-7-9-22(20)27)24(30)16-33-15-18-10-12-19(32-4)13-11-18/h7-13,17,23H,5-6,14-16H2,1-4H3,(H,28,31)/t17-,23-/m0/s1. The van der Waals surface area contributed by atoms with Gasteiger partial charge in [-0.1, -0.05) is 55.2 Å². The van der Waals surface area contributed by atoms with Crippen molar-refractivity contribution in [1.29, 1.82) is 0 Å². The maximum absolute atomic E-state index is 13.3. The molecule has 0 aromatic heterocycles. The molecule has 33 heavy (non-hydrogen) atoms. The number of thioether (sulfide) groups is 1. The minimum atomic E-state index is -0.611. The van der Waals surface area contributed by atoms with Crippen molar-refractivity contribution < 1.29 is 14.3 Å². The molecule has 0 unspecified atom stereocenters. The van der Waals surface area contributed by atoms with Crippen molar-refractivity contribution in [3.63, 3.8) is 0 Å². The summed E-state index contributed by atoms with van der Waals surface area (Å²) >= 11 is 14.3. The zero-order valence-electron chi connectivity index (χ0n) is 19.6. The van der Waals surface area contributed by atoms with Crippen LogP contribution in [-0.2, 0) is 21.9 Å². The number of hydrogen-bond acceptors (Lipinski definition) is 4. The van der Waals surface area contributed by atoms with Crippen molar-refractivity contribution in [2.75, 3.05) is 12.9 Å². The Kier molecular flexibility index (Phi) is 11.4. The number of rotatable bonds is 12. The van der Waals surface area contributed by atoms with E-state index in [0.717, 1.165) is 17.7 Å². The van der Waals surface area contributed by atoms with Crippen LogP contribution < -0.4 is 10.1 Å². The molecule has 0 radical (unpaired) electrons. The van der Waals surface area contributed by atoms with Gasteiger partial charge < -0.3 is 15.0 Å². The van der Waals surface area contributed by atoms with Crippen LogP contribution in [0.5, 0.6) is 5.75 Å². The quantitative estimate of drug-likeness (QED) is 0.382. The molecule has 0 aliphatic carbocycles. The first kappa shape index (κ1) is 27.4. The Balaban J connectivity index is 2.18. The molecule has 2 amide bonds. The molecule has 2 rings (SSSR count). The summed E-state index contributed by atoms with van der Waals surface area (Å²) in [5.74, 6) is 1.41. The lowest BCUT2D eigenvalue weighted by Crippen LogP contribution is -2.51. The lowest BCUT2D eigenvalue weighted by atomic mass is 10.1. The van der Waals surface area contributed by atoms with Crippen molar-refractivity contribution >= 4 is 46.8 Å². The fourth-order valence-corrected chi connectivity index (χ4v) is 4.66. The first-order chi connectivity index (χ1) is 15.8. The highest BCUT2D eigenvalue weighted by Gasteiger charge is 2.30. The molecule has 0 aliphatic heterocycles. The van der Waals surface area contributed by atoms with Gasteiger partial charge in [0.2, 0.25) is 11.8 Å². The molecular weight excluding hydrogens is 479 g/mol. The van der Waals surface area contributed by atoms with Gasteiger partial charge in [0.1, 0.15) is 11.8 Å². The summed E-state index contributed by atoms with van der Waals surface area (Å²) in [5.41, 5.74) is 1.74. The maximum Gasteiger partial charge on any atom is 0.243 e. The summed E-state index contributed by atoms with van der Waals surface area (Å²) in [7, 11) is 1.63. The van der Waals surface area contributed by atoms with Crippen molar-refractivity contribution in [2.24, 2.45) is 0 Å². The van der Waals surface area contributed by atoms with E-state index in [2.05, 4.69) is 5.32 Å². The summed E-state index contributed by atoms with van der Waals surface area (Å²) in [6, 6.07) is 12.4. The molecule has 0 bridgehead atoms. The second-order valence-electron chi connectivity index (χ2n) is 7.80. The van der Waals surface area contributed by atoms with Gasteiger partial charge in [0, 0.05) is 33.9 Å². The number of halogens is 2. The molecule has 0 spiro atoms. The molecule has 180 valence electrons. The Morgan fingerprint density at radius 2 is 1.70 bits per heavy atom. The molecule has 2 atom stereocenters. The van der Waals surface area contributed by atoms with Gasteiger partial charge in [-0.15, -0.1) is 11.8 Å². The number of ether oxygens (including phenoxy) is 1. The van der Waals surface area contributed by atoms with E-state index >= 15 is 0 Å². The highest BCUT2D eigenvalue weighted by Crippen LogP contribution is 2.27. The van der Waals surface area contributed by atoms with Crippen LogP contribution in [0, 0.1) is 0 Å². The topological polar surface area (TPSA) is 58.6 Å². The summed E-state index contributed by atoms with van der Waals surface area (Å²) < 4.78 is 5.19. The number of nitrogens with zero attached hydrogens (tertiary/aromatic N) is 1. The number of nitrogens with one attached hydrogen (secondary N) is 1. The first-order valence-electron chi connectivity index (χ1n) is 11.0. The van der Waals surface area contributed by atoms with Gasteiger partial charge in [-0.2, -0.15) is 0 Å². The van der Waals surface area contributed by atoms with Crippen molar-refractivity contribution in [1.82, 2.24) is 10.2 Å². The van der Waals surface area contributed by atoms with Crippen molar-refractivity contribution in [2.45, 2.75) is 58.0 Å². The van der Waals surface area contributed by atoms with Gasteiger partial charge >= 0.3 is 0 Å². The third-order valence-corrected chi connectivity index (χ3v) is 7.13. The summed E-state index contributed by atoms with van der Waals surface area (Å²) in [5, 5.41) is 3.96. The molecule has 8 heteroatoms. The lowest BCUT2D eigenvalue weighted by molar-refractivity contribution is -0.139. The van der Waals surface area contributed by atoms with Crippen LogP contribution in [0.15, 0.2) is 42.5 Å². The number of hydrogen-bond donors (Lipinski definition) is 1. The highest BCUT2D eigenvalue weighted by molar-refractivity contribution is 7.99. The van der Waals surface area contributed by atoms with E-state index in [1.807, 2.05) is 45.0 Å². The van der Waals surface area contributed by atoms with E-state index in [4.69, 9.17) is 27.9 Å². The fraction of sp³-hybridized carbons (Fsp3) is 0.440. The van der Waals surface area contributed by atoms with Gasteiger partial charge in [-0.05, 0) is 49.6 Å². The van der Waals surface area contributed by atoms with Gasteiger partial charge in [0.05, 0.1) is 12.9 Å². The molecule has 5 nitrogen and oxygen atoms in total. The molecule has 2 aromatic rings. The Hall–Kier alpha value is -1.89. The Morgan fingerprint density at radius 3 is 2.24 bits per heavy atom. The highest BCUT2D eigenvalue weighted by atomic mass is 35.5. The second kappa shape index (κ2) is 13.7. The first-order valence-corrected chi connectivity index (χ1v) is 12.9. The maximum atomic E-state index is 13.3. The normalized spacial score (nSPS) is 12.7. The summed E-state index contributed by atoms with van der Waals surface area (Å²) in [6.07, 6.45) is 1.30. The molecule has 0 saturated carbocycles. The van der Waals surface area contributed by atoms with Crippen LogP contribution in [0.4, 0.5) is 0 Å². The molecule has 0 aliphatic rings. The molecular formula is C25H32Cl2N2O3S. The number of benzene rings is 2. The molecule has 1 N–H and O–H groups in total. The van der Waals surface area contributed by atoms with E-state index in [1.165, 1.54) is 11.8 Å². The Morgan fingerprint density at radius 1 is 1.06 bits per heavy atom. The molecule has 0 heterocycles. The predicted molar refractivity (Wildman–Crippen MR) is 138 cm³/mol. The number of amides is 2. The van der Waals surface area contributed by atoms with Crippen LogP contribution in [0.1, 0.15) is 44.7 Å². The van der Waals surface area contributed by atoms with E-state index < -0.39 is 6.04 Å². The molecule has 0 saturated heterocycles. The Bertz CT molecular complexity index is 904. The molecule has 0 fully saturated rings. The second-order valence-corrected chi connectivity index (χ2v) is 9.60. The minimum Gasteiger partial charge on any atom is -0.497 e. The van der Waals surface area contributed by atoms with Crippen LogP contribution in [-0.4, -0.2) is 41.7 Å². The van der Waals surface area contributed by atoms with E-state index in [9.17, 15) is 9.59 Å². The monoisotopic (exact) mass is 510 g/mol. The number of carbonyl (C=O) groups excluding carboxylic acids is 2. The zero-order chi connectivity index (χ0) is 24.4. The van der Waals surface area contributed by atoms with Gasteiger partial charge in [-0.25, -0.2) is 0 Å². The minimum absolute atomic E-state index is 0.0249. The number of carbonyl (C=O) groups is 2. The summed E-state index contributed by atoms with van der Waals surface area (Å²) in [4.78, 5) is 28.0. The van der Waals surface area contributed by atoms with Crippen LogP contribution in [0.3, 0.4) is 0 Å². The lowest BCUT2D eigenvalue weighted by Gasteiger charge is -2.32. The SMILES string of the molecule is CC[C@H](C)NC(=O)[C@H](CC)N(Cc1c(Cl)cccc1Cl)C(=O)CSCc1ccc(OC)cc1. The van der Waals surface area contributed by atoms with Crippen LogP contribution in [0.2, 0.25) is 10.0 Å². The molecule has 2 aromatic carbocycles. The van der Waals surface area contributed by atoms with Crippen molar-refractivity contribution in [3.8, 4) is 5.75 Å². The third-order valence-electron chi connectivity index (χ3n) is 5.43. The van der Waals surface area contributed by atoms with Crippen LogP contribution in [0.25, 0.3) is 0 Å². The van der Waals surface area contributed by atoms with Gasteiger partial charge in [0.15, 0.2) is 0 Å². The smallest absolute Gasteiger partial charge is 0.243 e. The average Bonchev–Trinajstić information content (AvgIpc) is 2.81. The zero-order valence-corrected chi connectivity index (χ0v) is 21.9. The number of methoxy groups -OCH3 is 1. The van der Waals surface area contributed by atoms with Gasteiger partial charge in [-0.3, -0.25) is 9.59 Å². The van der Waals surface area contributed by atoms with E-state index in [1.54, 1.807) is 30.2 Å². The largest absolute Gasteiger partial charge is 0.497 e. The fourth-order valence-electron chi connectivity index (χ4n) is 3.28. The van der Waals surface area contributed by atoms with Gasteiger partial charge in [0.25, 0.3) is 0 Å². The van der Waals surface area contributed by atoms with Crippen molar-refractivity contribution in [3.05, 3.63) is 63.6 Å².